The van der Waals surface area contributed by atoms with Crippen molar-refractivity contribution in [2.24, 2.45) is 0 Å². The molecule has 194 valence electrons. The highest BCUT2D eigenvalue weighted by Crippen LogP contribution is 2.33. The van der Waals surface area contributed by atoms with E-state index in [0.29, 0.717) is 36.7 Å². The quantitative estimate of drug-likeness (QED) is 0.357. The molecule has 0 atom stereocenters. The van der Waals surface area contributed by atoms with Gasteiger partial charge in [-0.2, -0.15) is 0 Å². The fourth-order valence-electron chi connectivity index (χ4n) is 5.44. The van der Waals surface area contributed by atoms with E-state index in [0.717, 1.165) is 55.5 Å². The van der Waals surface area contributed by atoms with Crippen LogP contribution in [0.1, 0.15) is 17.5 Å². The van der Waals surface area contributed by atoms with Gasteiger partial charge in [0.05, 0.1) is 6.54 Å². The van der Waals surface area contributed by atoms with Crippen LogP contribution in [0.3, 0.4) is 0 Å². The fraction of sp³-hybridized carbons (Fsp3) is 0.290. The Kier molecular flexibility index (Phi) is 6.84. The SMILES string of the molecule is O=C(CN1CCN(c2ccccc2)CC1)N1CCCc2c1c(=O)oc1ccc(OCc3ccccc3)cc21. The van der Waals surface area contributed by atoms with Crippen LogP contribution < -0.4 is 20.2 Å². The molecule has 1 saturated heterocycles. The lowest BCUT2D eigenvalue weighted by Crippen LogP contribution is -2.51. The van der Waals surface area contributed by atoms with Gasteiger partial charge in [-0.05, 0) is 54.3 Å². The Morgan fingerprint density at radius 1 is 0.868 bits per heavy atom. The molecule has 1 aromatic heterocycles. The molecule has 2 aliphatic heterocycles. The van der Waals surface area contributed by atoms with Crippen molar-refractivity contribution in [1.82, 2.24) is 4.90 Å². The smallest absolute Gasteiger partial charge is 0.360 e. The van der Waals surface area contributed by atoms with E-state index in [1.54, 1.807) is 11.0 Å². The Morgan fingerprint density at radius 2 is 1.61 bits per heavy atom. The van der Waals surface area contributed by atoms with Crippen molar-refractivity contribution in [2.45, 2.75) is 19.4 Å². The van der Waals surface area contributed by atoms with E-state index in [-0.39, 0.29) is 5.91 Å². The van der Waals surface area contributed by atoms with E-state index in [1.807, 2.05) is 60.7 Å². The second-order valence-corrected chi connectivity index (χ2v) is 9.90. The second kappa shape index (κ2) is 10.7. The predicted molar refractivity (Wildman–Crippen MR) is 149 cm³/mol. The van der Waals surface area contributed by atoms with Gasteiger partial charge in [0.15, 0.2) is 0 Å². The van der Waals surface area contributed by atoms with Crippen LogP contribution in [0.15, 0.2) is 88.1 Å². The average Bonchev–Trinajstić information content (AvgIpc) is 2.97. The third-order valence-corrected chi connectivity index (χ3v) is 7.44. The lowest BCUT2D eigenvalue weighted by Gasteiger charge is -2.37. The van der Waals surface area contributed by atoms with Crippen molar-refractivity contribution in [3.63, 3.8) is 0 Å². The number of carbonyl (C=O) groups excluding carboxylic acids is 1. The van der Waals surface area contributed by atoms with Gasteiger partial charge in [-0.1, -0.05) is 48.5 Å². The maximum atomic E-state index is 13.5. The number of hydrogen-bond donors (Lipinski definition) is 0. The Labute approximate surface area is 221 Å². The van der Waals surface area contributed by atoms with Crippen molar-refractivity contribution < 1.29 is 13.9 Å². The van der Waals surface area contributed by atoms with Gasteiger partial charge in [-0.3, -0.25) is 9.69 Å². The summed E-state index contributed by atoms with van der Waals surface area (Å²) in [5.41, 5.74) is 3.61. The van der Waals surface area contributed by atoms with Crippen LogP contribution in [0.25, 0.3) is 11.0 Å². The molecule has 0 radical (unpaired) electrons. The number of ether oxygens (including phenoxy) is 1. The molecule has 0 saturated carbocycles. The van der Waals surface area contributed by atoms with Crippen molar-refractivity contribution in [3.05, 3.63) is 100 Å². The number of rotatable bonds is 6. The number of para-hydroxylation sites is 1. The van der Waals surface area contributed by atoms with E-state index in [2.05, 4.69) is 21.9 Å². The van der Waals surface area contributed by atoms with Crippen molar-refractivity contribution >= 4 is 28.3 Å². The molecule has 1 amide bonds. The van der Waals surface area contributed by atoms with Gasteiger partial charge < -0.3 is 19.0 Å². The number of piperazine rings is 1. The maximum Gasteiger partial charge on any atom is 0.360 e. The molecule has 7 nitrogen and oxygen atoms in total. The summed E-state index contributed by atoms with van der Waals surface area (Å²) in [6.45, 7) is 4.61. The summed E-state index contributed by atoms with van der Waals surface area (Å²) in [7, 11) is 0. The number of nitrogens with zero attached hydrogens (tertiary/aromatic N) is 3. The van der Waals surface area contributed by atoms with Gasteiger partial charge >= 0.3 is 5.63 Å². The fourth-order valence-corrected chi connectivity index (χ4v) is 5.44. The molecule has 0 aliphatic carbocycles. The van der Waals surface area contributed by atoms with E-state index in [9.17, 15) is 9.59 Å². The first-order chi connectivity index (χ1) is 18.7. The van der Waals surface area contributed by atoms with Gasteiger partial charge in [0, 0.05) is 43.8 Å². The Balaban J connectivity index is 1.18. The van der Waals surface area contributed by atoms with Gasteiger partial charge in [0.25, 0.3) is 0 Å². The van der Waals surface area contributed by atoms with Crippen LogP contribution in [-0.4, -0.2) is 50.1 Å². The molecule has 4 aromatic rings. The number of hydrogen-bond acceptors (Lipinski definition) is 6. The summed E-state index contributed by atoms with van der Waals surface area (Å²) >= 11 is 0. The first-order valence-electron chi connectivity index (χ1n) is 13.2. The van der Waals surface area contributed by atoms with E-state index in [1.165, 1.54) is 5.69 Å². The van der Waals surface area contributed by atoms with Crippen LogP contribution in [0.4, 0.5) is 11.4 Å². The van der Waals surface area contributed by atoms with Crippen LogP contribution in [0, 0.1) is 0 Å². The largest absolute Gasteiger partial charge is 0.489 e. The zero-order valence-electron chi connectivity index (χ0n) is 21.3. The summed E-state index contributed by atoms with van der Waals surface area (Å²) < 4.78 is 11.7. The Bertz CT molecular complexity index is 1480. The number of carbonyl (C=O) groups is 1. The molecule has 0 spiro atoms. The molecule has 3 heterocycles. The van der Waals surface area contributed by atoms with Crippen LogP contribution >= 0.6 is 0 Å². The van der Waals surface area contributed by atoms with E-state index in [4.69, 9.17) is 9.15 Å². The van der Waals surface area contributed by atoms with Crippen molar-refractivity contribution in [3.8, 4) is 5.75 Å². The average molecular weight is 510 g/mol. The highest BCUT2D eigenvalue weighted by atomic mass is 16.5. The summed E-state index contributed by atoms with van der Waals surface area (Å²) in [5, 5.41) is 0.833. The van der Waals surface area contributed by atoms with Crippen LogP contribution in [0.5, 0.6) is 5.75 Å². The zero-order valence-corrected chi connectivity index (χ0v) is 21.3. The molecule has 0 unspecified atom stereocenters. The molecule has 0 N–H and O–H groups in total. The molecule has 6 rings (SSSR count). The molecule has 38 heavy (non-hydrogen) atoms. The maximum absolute atomic E-state index is 13.5. The second-order valence-electron chi connectivity index (χ2n) is 9.90. The normalized spacial score (nSPS) is 15.9. The molecular formula is C31H31N3O4. The minimum absolute atomic E-state index is 0.0535. The predicted octanol–water partition coefficient (Wildman–Crippen LogP) is 4.47. The lowest BCUT2D eigenvalue weighted by atomic mass is 9.98. The summed E-state index contributed by atoms with van der Waals surface area (Å²) in [6.07, 6.45) is 1.52. The first kappa shape index (κ1) is 24.2. The first-order valence-corrected chi connectivity index (χ1v) is 13.2. The van der Waals surface area contributed by atoms with Crippen LogP contribution in [0.2, 0.25) is 0 Å². The number of amides is 1. The standard InChI is InChI=1S/C31H31N3O4/c35-29(21-32-16-18-33(19-17-32)24-10-5-2-6-11-24)34-15-7-12-26-27-20-25(37-22-23-8-3-1-4-9-23)13-14-28(27)38-31(36)30(26)34/h1-6,8-11,13-14,20H,7,12,15-19,21-22H2. The minimum Gasteiger partial charge on any atom is -0.489 e. The van der Waals surface area contributed by atoms with E-state index >= 15 is 0 Å². The van der Waals surface area contributed by atoms with Gasteiger partial charge in [-0.15, -0.1) is 0 Å². The molecule has 7 heteroatoms. The Hall–Kier alpha value is -4.10. The van der Waals surface area contributed by atoms with Crippen molar-refractivity contribution in [1.29, 1.82) is 0 Å². The topological polar surface area (TPSA) is 66.2 Å². The number of fused-ring (bicyclic) bond motifs is 3. The highest BCUT2D eigenvalue weighted by molar-refractivity contribution is 5.98. The monoisotopic (exact) mass is 509 g/mol. The third-order valence-electron chi connectivity index (χ3n) is 7.44. The molecule has 1 fully saturated rings. The third kappa shape index (κ3) is 5.02. The molecular weight excluding hydrogens is 478 g/mol. The van der Waals surface area contributed by atoms with Crippen molar-refractivity contribution in [2.75, 3.05) is 49.1 Å². The summed E-state index contributed by atoms with van der Waals surface area (Å²) in [5.74, 6) is 0.652. The van der Waals surface area contributed by atoms with Gasteiger partial charge in [0.2, 0.25) is 5.91 Å². The summed E-state index contributed by atoms with van der Waals surface area (Å²) in [6, 6.07) is 25.9. The van der Waals surface area contributed by atoms with Gasteiger partial charge in [-0.25, -0.2) is 4.79 Å². The number of benzene rings is 3. The highest BCUT2D eigenvalue weighted by Gasteiger charge is 2.30. The number of aryl methyl sites for hydroxylation is 1. The molecule has 3 aromatic carbocycles. The molecule has 2 aliphatic rings. The zero-order chi connectivity index (χ0) is 25.9. The lowest BCUT2D eigenvalue weighted by molar-refractivity contribution is -0.119. The minimum atomic E-state index is -0.451. The summed E-state index contributed by atoms with van der Waals surface area (Å²) in [4.78, 5) is 32.7. The number of anilines is 2. The van der Waals surface area contributed by atoms with E-state index < -0.39 is 5.63 Å². The van der Waals surface area contributed by atoms with Crippen LogP contribution in [-0.2, 0) is 17.8 Å². The van der Waals surface area contributed by atoms with Gasteiger partial charge in [0.1, 0.15) is 23.6 Å². The Morgan fingerprint density at radius 3 is 2.37 bits per heavy atom. The molecule has 0 bridgehead atoms.